The van der Waals surface area contributed by atoms with Crippen molar-refractivity contribution in [3.05, 3.63) is 30.1 Å². The van der Waals surface area contributed by atoms with Crippen molar-refractivity contribution >= 4 is 21.3 Å². The van der Waals surface area contributed by atoms with Crippen molar-refractivity contribution in [2.24, 2.45) is 0 Å². The van der Waals surface area contributed by atoms with Crippen molar-refractivity contribution in [2.45, 2.75) is 13.0 Å². The number of anilines is 1. The summed E-state index contributed by atoms with van der Waals surface area (Å²) in [4.78, 5) is 6.80. The minimum atomic E-state index is -2.91. The highest BCUT2D eigenvalue weighted by Crippen LogP contribution is 2.23. The van der Waals surface area contributed by atoms with Crippen LogP contribution in [0.25, 0.3) is 5.65 Å². The van der Waals surface area contributed by atoms with Gasteiger partial charge in [0.15, 0.2) is 15.7 Å². The van der Waals surface area contributed by atoms with Crippen LogP contribution >= 0.6 is 0 Å². The van der Waals surface area contributed by atoms with E-state index >= 15 is 0 Å². The lowest BCUT2D eigenvalue weighted by Gasteiger charge is -2.20. The van der Waals surface area contributed by atoms with Crippen molar-refractivity contribution in [2.75, 3.05) is 36.5 Å². The summed E-state index contributed by atoms with van der Waals surface area (Å²) in [5.41, 5.74) is 1.97. The molecule has 7 heteroatoms. The van der Waals surface area contributed by atoms with Gasteiger partial charge in [-0.25, -0.2) is 13.4 Å². The largest absolute Gasteiger partial charge is 0.354 e. The van der Waals surface area contributed by atoms with Gasteiger partial charge in [-0.3, -0.25) is 0 Å². The Morgan fingerprint density at radius 1 is 1.29 bits per heavy atom. The van der Waals surface area contributed by atoms with Gasteiger partial charge in [0.05, 0.1) is 17.2 Å². The SMILES string of the molecule is CNCc1c(N2CCCS(=O)(=O)CC2)nc2ccccn12. The van der Waals surface area contributed by atoms with Gasteiger partial charge in [-0.15, -0.1) is 0 Å². The van der Waals surface area contributed by atoms with Gasteiger partial charge < -0.3 is 14.6 Å². The summed E-state index contributed by atoms with van der Waals surface area (Å²) < 4.78 is 25.6. The number of nitrogens with one attached hydrogen (secondary N) is 1. The van der Waals surface area contributed by atoms with Crippen LogP contribution in [0, 0.1) is 0 Å². The maximum atomic E-state index is 11.8. The topological polar surface area (TPSA) is 66.7 Å². The Bertz CT molecular complexity index is 739. The van der Waals surface area contributed by atoms with Crippen LogP contribution in [0.1, 0.15) is 12.1 Å². The summed E-state index contributed by atoms with van der Waals surface area (Å²) >= 11 is 0. The van der Waals surface area contributed by atoms with Crippen LogP contribution in [-0.2, 0) is 16.4 Å². The molecule has 1 aliphatic heterocycles. The minimum absolute atomic E-state index is 0.208. The molecule has 0 spiro atoms. The fraction of sp³-hybridized carbons (Fsp3) is 0.500. The number of pyridine rings is 1. The van der Waals surface area contributed by atoms with Crippen LogP contribution < -0.4 is 10.2 Å². The fourth-order valence-corrected chi connectivity index (χ4v) is 4.04. The highest BCUT2D eigenvalue weighted by Gasteiger charge is 2.23. The van der Waals surface area contributed by atoms with Gasteiger partial charge >= 0.3 is 0 Å². The lowest BCUT2D eigenvalue weighted by Crippen LogP contribution is -2.28. The highest BCUT2D eigenvalue weighted by atomic mass is 32.2. The first-order valence-electron chi connectivity index (χ1n) is 7.17. The number of imidazole rings is 1. The summed E-state index contributed by atoms with van der Waals surface area (Å²) in [5, 5.41) is 3.17. The molecule has 1 saturated heterocycles. The molecule has 2 aromatic rings. The lowest BCUT2D eigenvalue weighted by atomic mass is 10.3. The molecule has 114 valence electrons. The molecule has 1 aliphatic rings. The number of rotatable bonds is 3. The molecule has 6 nitrogen and oxygen atoms in total. The molecular formula is C14H20N4O2S. The summed E-state index contributed by atoms with van der Waals surface area (Å²) in [6.07, 6.45) is 2.66. The maximum Gasteiger partial charge on any atom is 0.152 e. The second-order valence-electron chi connectivity index (χ2n) is 5.33. The van der Waals surface area contributed by atoms with E-state index in [9.17, 15) is 8.42 Å². The molecule has 0 atom stereocenters. The van der Waals surface area contributed by atoms with Crippen LogP contribution in [0.4, 0.5) is 5.82 Å². The number of aromatic nitrogens is 2. The number of sulfone groups is 1. The Morgan fingerprint density at radius 3 is 2.95 bits per heavy atom. The van der Waals surface area contributed by atoms with E-state index in [2.05, 4.69) is 14.6 Å². The van der Waals surface area contributed by atoms with E-state index in [1.807, 2.05) is 31.4 Å². The Kier molecular flexibility index (Phi) is 3.86. The average Bonchev–Trinajstić information content (AvgIpc) is 2.71. The van der Waals surface area contributed by atoms with Gasteiger partial charge in [0.2, 0.25) is 0 Å². The standard InChI is InChI=1S/C14H20N4O2S/c1-15-11-12-14(16-13-5-2-3-7-18(12)13)17-6-4-9-21(19,20)10-8-17/h2-3,5,7,15H,4,6,8-11H2,1H3. The normalized spacial score (nSPS) is 18.8. The first-order valence-corrected chi connectivity index (χ1v) is 8.99. The van der Waals surface area contributed by atoms with E-state index in [1.165, 1.54) is 0 Å². The van der Waals surface area contributed by atoms with Crippen LogP contribution in [0.15, 0.2) is 24.4 Å². The third-order valence-electron chi connectivity index (χ3n) is 3.81. The Hall–Kier alpha value is -1.60. The number of hydrogen-bond donors (Lipinski definition) is 1. The predicted molar refractivity (Wildman–Crippen MR) is 83.4 cm³/mol. The zero-order chi connectivity index (χ0) is 14.9. The third kappa shape index (κ3) is 2.89. The second kappa shape index (κ2) is 5.65. The van der Waals surface area contributed by atoms with E-state index in [0.29, 0.717) is 19.5 Å². The molecule has 0 saturated carbocycles. The van der Waals surface area contributed by atoms with Crippen molar-refractivity contribution in [1.82, 2.24) is 14.7 Å². The van der Waals surface area contributed by atoms with Crippen molar-refractivity contribution in [3.63, 3.8) is 0 Å². The van der Waals surface area contributed by atoms with Crippen LogP contribution in [-0.4, -0.2) is 49.4 Å². The smallest absolute Gasteiger partial charge is 0.152 e. The molecule has 0 unspecified atom stereocenters. The Morgan fingerprint density at radius 2 is 2.14 bits per heavy atom. The van der Waals surface area contributed by atoms with E-state index in [0.717, 1.165) is 23.7 Å². The van der Waals surface area contributed by atoms with E-state index in [1.54, 1.807) is 0 Å². The first-order chi connectivity index (χ1) is 10.1. The average molecular weight is 308 g/mol. The van der Waals surface area contributed by atoms with E-state index in [-0.39, 0.29) is 11.5 Å². The zero-order valence-electron chi connectivity index (χ0n) is 12.1. The molecule has 0 bridgehead atoms. The molecule has 0 amide bonds. The van der Waals surface area contributed by atoms with Gasteiger partial charge in [0.25, 0.3) is 0 Å². The number of hydrogen-bond acceptors (Lipinski definition) is 5. The molecule has 21 heavy (non-hydrogen) atoms. The maximum absolute atomic E-state index is 11.8. The van der Waals surface area contributed by atoms with Gasteiger partial charge in [0, 0.05) is 25.8 Å². The number of fused-ring (bicyclic) bond motifs is 1. The van der Waals surface area contributed by atoms with Crippen molar-refractivity contribution in [3.8, 4) is 0 Å². The second-order valence-corrected chi connectivity index (χ2v) is 7.64. The van der Waals surface area contributed by atoms with Gasteiger partial charge in [-0.05, 0) is 25.6 Å². The molecule has 2 aromatic heterocycles. The first kappa shape index (κ1) is 14.3. The van der Waals surface area contributed by atoms with Gasteiger partial charge in [-0.1, -0.05) is 6.07 Å². The summed E-state index contributed by atoms with van der Waals surface area (Å²) in [5.74, 6) is 1.38. The van der Waals surface area contributed by atoms with Crippen LogP contribution in [0.5, 0.6) is 0 Å². The quantitative estimate of drug-likeness (QED) is 0.903. The minimum Gasteiger partial charge on any atom is -0.354 e. The summed E-state index contributed by atoms with van der Waals surface area (Å²) in [7, 11) is -1.01. The monoisotopic (exact) mass is 308 g/mol. The molecule has 0 aliphatic carbocycles. The van der Waals surface area contributed by atoms with E-state index in [4.69, 9.17) is 4.98 Å². The molecule has 1 N–H and O–H groups in total. The highest BCUT2D eigenvalue weighted by molar-refractivity contribution is 7.91. The molecule has 0 aromatic carbocycles. The summed E-state index contributed by atoms with van der Waals surface area (Å²) in [6.45, 7) is 1.95. The number of nitrogens with zero attached hydrogens (tertiary/aromatic N) is 3. The van der Waals surface area contributed by atoms with E-state index < -0.39 is 9.84 Å². The van der Waals surface area contributed by atoms with Gasteiger partial charge in [-0.2, -0.15) is 0 Å². The predicted octanol–water partition coefficient (Wildman–Crippen LogP) is 0.679. The van der Waals surface area contributed by atoms with Gasteiger partial charge in [0.1, 0.15) is 5.65 Å². The molecule has 1 fully saturated rings. The zero-order valence-corrected chi connectivity index (χ0v) is 12.9. The Balaban J connectivity index is 2.01. The van der Waals surface area contributed by atoms with Crippen molar-refractivity contribution < 1.29 is 8.42 Å². The molecular weight excluding hydrogens is 288 g/mol. The lowest BCUT2D eigenvalue weighted by molar-refractivity contribution is 0.597. The van der Waals surface area contributed by atoms with Crippen LogP contribution in [0.2, 0.25) is 0 Å². The fourth-order valence-electron chi connectivity index (χ4n) is 2.77. The molecule has 0 radical (unpaired) electrons. The van der Waals surface area contributed by atoms with Crippen LogP contribution in [0.3, 0.4) is 0 Å². The van der Waals surface area contributed by atoms with Crippen molar-refractivity contribution in [1.29, 1.82) is 0 Å². The third-order valence-corrected chi connectivity index (χ3v) is 5.52. The summed E-state index contributed by atoms with van der Waals surface area (Å²) in [6, 6.07) is 5.91. The molecule has 3 rings (SSSR count). The Labute approximate surface area is 124 Å². The molecule has 3 heterocycles.